The van der Waals surface area contributed by atoms with Crippen LogP contribution in [0.4, 0.5) is 0 Å². The second kappa shape index (κ2) is 7.46. The second-order valence-corrected chi connectivity index (χ2v) is 4.81. The highest BCUT2D eigenvalue weighted by molar-refractivity contribution is 5.14. The third kappa shape index (κ3) is 4.88. The van der Waals surface area contributed by atoms with E-state index in [2.05, 4.69) is 35.6 Å². The van der Waals surface area contributed by atoms with Gasteiger partial charge in [0.25, 0.3) is 0 Å². The molecule has 0 saturated carbocycles. The Hall–Kier alpha value is -0.860. The summed E-state index contributed by atoms with van der Waals surface area (Å²) < 4.78 is 5.73. The van der Waals surface area contributed by atoms with Crippen LogP contribution in [0.25, 0.3) is 0 Å². The molecule has 1 aromatic carbocycles. The summed E-state index contributed by atoms with van der Waals surface area (Å²) in [5.41, 5.74) is 1.41. The normalized spacial score (nSPS) is 20.4. The molecule has 0 bridgehead atoms. The molecule has 94 valence electrons. The minimum atomic E-state index is 0.598. The minimum absolute atomic E-state index is 0.598. The first-order valence-corrected chi connectivity index (χ1v) is 6.80. The van der Waals surface area contributed by atoms with Crippen molar-refractivity contribution in [3.05, 3.63) is 35.9 Å². The van der Waals surface area contributed by atoms with Gasteiger partial charge in [-0.05, 0) is 37.8 Å². The van der Waals surface area contributed by atoms with Crippen molar-refractivity contribution in [3.63, 3.8) is 0 Å². The summed E-state index contributed by atoms with van der Waals surface area (Å²) in [6, 6.07) is 11.2. The van der Waals surface area contributed by atoms with Crippen LogP contribution < -0.4 is 5.32 Å². The molecular weight excluding hydrogens is 210 g/mol. The highest BCUT2D eigenvalue weighted by Crippen LogP contribution is 2.07. The zero-order chi connectivity index (χ0) is 11.8. The quantitative estimate of drug-likeness (QED) is 0.763. The van der Waals surface area contributed by atoms with Crippen molar-refractivity contribution in [3.8, 4) is 0 Å². The fourth-order valence-electron chi connectivity index (χ4n) is 2.31. The molecular formula is C15H23NO. The Morgan fingerprint density at radius 3 is 2.82 bits per heavy atom. The molecule has 1 saturated heterocycles. The van der Waals surface area contributed by atoms with Gasteiger partial charge in [-0.3, -0.25) is 0 Å². The summed E-state index contributed by atoms with van der Waals surface area (Å²) in [7, 11) is 0. The number of nitrogens with one attached hydrogen (secondary N) is 1. The molecule has 1 aliphatic heterocycles. The van der Waals surface area contributed by atoms with Crippen molar-refractivity contribution in [1.82, 2.24) is 5.32 Å². The van der Waals surface area contributed by atoms with Crippen molar-refractivity contribution in [2.75, 3.05) is 19.8 Å². The van der Waals surface area contributed by atoms with Crippen molar-refractivity contribution in [2.45, 2.75) is 38.1 Å². The molecule has 1 N–H and O–H groups in total. The lowest BCUT2D eigenvalue weighted by Gasteiger charge is -2.23. The second-order valence-electron chi connectivity index (χ2n) is 4.81. The van der Waals surface area contributed by atoms with Crippen molar-refractivity contribution in [1.29, 1.82) is 0 Å². The van der Waals surface area contributed by atoms with E-state index in [1.54, 1.807) is 0 Å². The van der Waals surface area contributed by atoms with Crippen LogP contribution in [0, 0.1) is 0 Å². The van der Waals surface area contributed by atoms with Crippen LogP contribution in [0.15, 0.2) is 30.3 Å². The topological polar surface area (TPSA) is 21.3 Å². The number of piperidine rings is 1. The van der Waals surface area contributed by atoms with Gasteiger partial charge < -0.3 is 10.1 Å². The van der Waals surface area contributed by atoms with Crippen LogP contribution in [0.3, 0.4) is 0 Å². The molecule has 0 unspecified atom stereocenters. The molecule has 17 heavy (non-hydrogen) atoms. The molecule has 1 aliphatic rings. The number of ether oxygens (including phenoxy) is 1. The summed E-state index contributed by atoms with van der Waals surface area (Å²) >= 11 is 0. The SMILES string of the molecule is c1ccc(CCCOC[C@@H]2CCCCN2)cc1. The average Bonchev–Trinajstić information content (AvgIpc) is 2.41. The van der Waals surface area contributed by atoms with Gasteiger partial charge in [-0.2, -0.15) is 0 Å². The fourth-order valence-corrected chi connectivity index (χ4v) is 2.31. The van der Waals surface area contributed by atoms with Gasteiger partial charge in [0, 0.05) is 12.6 Å². The summed E-state index contributed by atoms with van der Waals surface area (Å²) in [4.78, 5) is 0. The van der Waals surface area contributed by atoms with E-state index in [1.165, 1.54) is 24.8 Å². The third-order valence-corrected chi connectivity index (χ3v) is 3.33. The monoisotopic (exact) mass is 233 g/mol. The van der Waals surface area contributed by atoms with Gasteiger partial charge in [0.05, 0.1) is 6.61 Å². The maximum absolute atomic E-state index is 5.73. The highest BCUT2D eigenvalue weighted by Gasteiger charge is 2.11. The molecule has 2 nitrogen and oxygen atoms in total. The maximum atomic E-state index is 5.73. The van der Waals surface area contributed by atoms with Crippen molar-refractivity contribution >= 4 is 0 Å². The Bertz CT molecular complexity index is 293. The molecule has 0 aromatic heterocycles. The van der Waals surface area contributed by atoms with Crippen LogP contribution in [0.1, 0.15) is 31.2 Å². The van der Waals surface area contributed by atoms with Crippen LogP contribution in [0.5, 0.6) is 0 Å². The van der Waals surface area contributed by atoms with Crippen LogP contribution in [-0.2, 0) is 11.2 Å². The molecule has 1 heterocycles. The molecule has 1 fully saturated rings. The summed E-state index contributed by atoms with van der Waals surface area (Å²) in [5, 5.41) is 3.50. The lowest BCUT2D eigenvalue weighted by Crippen LogP contribution is -2.37. The first-order chi connectivity index (χ1) is 8.45. The predicted octanol–water partition coefficient (Wildman–Crippen LogP) is 2.78. The number of aryl methyl sites for hydroxylation is 1. The smallest absolute Gasteiger partial charge is 0.0619 e. The van der Waals surface area contributed by atoms with Crippen molar-refractivity contribution < 1.29 is 4.74 Å². The number of hydrogen-bond donors (Lipinski definition) is 1. The third-order valence-electron chi connectivity index (χ3n) is 3.33. The molecule has 1 aromatic rings. The van der Waals surface area contributed by atoms with E-state index in [9.17, 15) is 0 Å². The zero-order valence-electron chi connectivity index (χ0n) is 10.5. The lowest BCUT2D eigenvalue weighted by molar-refractivity contribution is 0.101. The van der Waals surface area contributed by atoms with E-state index >= 15 is 0 Å². The van der Waals surface area contributed by atoms with Gasteiger partial charge in [0.1, 0.15) is 0 Å². The summed E-state index contributed by atoms with van der Waals surface area (Å²) in [6.07, 6.45) is 6.20. The Morgan fingerprint density at radius 1 is 1.18 bits per heavy atom. The number of hydrogen-bond acceptors (Lipinski definition) is 2. The van der Waals surface area contributed by atoms with Crippen LogP contribution in [-0.4, -0.2) is 25.8 Å². The Labute approximate surface area is 104 Å². The van der Waals surface area contributed by atoms with Gasteiger partial charge in [0.2, 0.25) is 0 Å². The van der Waals surface area contributed by atoms with Gasteiger partial charge >= 0.3 is 0 Å². The van der Waals surface area contributed by atoms with E-state index in [4.69, 9.17) is 4.74 Å². The molecule has 0 amide bonds. The van der Waals surface area contributed by atoms with E-state index in [0.717, 1.165) is 32.6 Å². The average molecular weight is 233 g/mol. The molecule has 0 aliphatic carbocycles. The molecule has 0 spiro atoms. The van der Waals surface area contributed by atoms with Gasteiger partial charge in [0.15, 0.2) is 0 Å². The van der Waals surface area contributed by atoms with Gasteiger partial charge in [-0.1, -0.05) is 36.8 Å². The highest BCUT2D eigenvalue weighted by atomic mass is 16.5. The maximum Gasteiger partial charge on any atom is 0.0619 e. The van der Waals surface area contributed by atoms with E-state index in [-0.39, 0.29) is 0 Å². The number of rotatable bonds is 6. The van der Waals surface area contributed by atoms with Crippen molar-refractivity contribution in [2.24, 2.45) is 0 Å². The summed E-state index contributed by atoms with van der Waals surface area (Å²) in [5.74, 6) is 0. The predicted molar refractivity (Wildman–Crippen MR) is 71.2 cm³/mol. The van der Waals surface area contributed by atoms with Crippen LogP contribution in [0.2, 0.25) is 0 Å². The first kappa shape index (κ1) is 12.6. The van der Waals surface area contributed by atoms with E-state index in [0.29, 0.717) is 6.04 Å². The van der Waals surface area contributed by atoms with E-state index < -0.39 is 0 Å². The number of benzene rings is 1. The van der Waals surface area contributed by atoms with Gasteiger partial charge in [-0.25, -0.2) is 0 Å². The Kier molecular flexibility index (Phi) is 5.53. The molecule has 0 radical (unpaired) electrons. The Balaban J connectivity index is 1.51. The molecule has 1 atom stereocenters. The summed E-state index contributed by atoms with van der Waals surface area (Å²) in [6.45, 7) is 2.93. The van der Waals surface area contributed by atoms with Gasteiger partial charge in [-0.15, -0.1) is 0 Å². The first-order valence-electron chi connectivity index (χ1n) is 6.80. The fraction of sp³-hybridized carbons (Fsp3) is 0.600. The minimum Gasteiger partial charge on any atom is -0.380 e. The largest absolute Gasteiger partial charge is 0.380 e. The van der Waals surface area contributed by atoms with Crippen LogP contribution >= 0.6 is 0 Å². The lowest BCUT2D eigenvalue weighted by atomic mass is 10.1. The Morgan fingerprint density at radius 2 is 2.06 bits per heavy atom. The molecule has 2 rings (SSSR count). The zero-order valence-corrected chi connectivity index (χ0v) is 10.5. The standard InChI is InChI=1S/C15H23NO/c1-2-7-14(8-3-1)9-6-12-17-13-15-10-4-5-11-16-15/h1-3,7-8,15-16H,4-6,9-13H2/t15-/m0/s1. The van der Waals surface area contributed by atoms with E-state index in [1.807, 2.05) is 0 Å². The molecule has 2 heteroatoms.